The number of nitrogens with one attached hydrogen (secondary N) is 2. The zero-order chi connectivity index (χ0) is 18.5. The summed E-state index contributed by atoms with van der Waals surface area (Å²) < 4.78 is 0. The molecular weight excluding hydrogens is 348 g/mol. The maximum Gasteiger partial charge on any atom is 0.257 e. The Morgan fingerprint density at radius 1 is 1.12 bits per heavy atom. The Hall–Kier alpha value is -2.87. The largest absolute Gasteiger partial charge is 0.324 e. The molecule has 0 aliphatic carbocycles. The Balaban J connectivity index is 1.72. The van der Waals surface area contributed by atoms with Crippen LogP contribution in [0.25, 0.3) is 0 Å². The Labute approximate surface area is 155 Å². The van der Waals surface area contributed by atoms with Gasteiger partial charge in [-0.2, -0.15) is 0 Å². The van der Waals surface area contributed by atoms with Crippen molar-refractivity contribution in [2.24, 2.45) is 0 Å². The van der Waals surface area contributed by atoms with E-state index in [9.17, 15) is 4.79 Å². The number of carbonyl (C=O) groups is 1. The molecule has 7 nitrogen and oxygen atoms in total. The lowest BCUT2D eigenvalue weighted by Gasteiger charge is -2.08. The summed E-state index contributed by atoms with van der Waals surface area (Å²) >= 11 is 1.40. The van der Waals surface area contributed by atoms with Gasteiger partial charge in [0, 0.05) is 29.1 Å². The van der Waals surface area contributed by atoms with Crippen molar-refractivity contribution in [3.8, 4) is 0 Å². The molecular formula is C18H20N6OS. The second-order valence-electron chi connectivity index (χ2n) is 5.89. The van der Waals surface area contributed by atoms with Gasteiger partial charge >= 0.3 is 0 Å². The van der Waals surface area contributed by atoms with Crippen molar-refractivity contribution in [2.75, 3.05) is 10.6 Å². The molecule has 8 heteroatoms. The van der Waals surface area contributed by atoms with Gasteiger partial charge < -0.3 is 5.32 Å². The summed E-state index contributed by atoms with van der Waals surface area (Å²) in [6, 6.07) is 9.08. The quantitative estimate of drug-likeness (QED) is 0.686. The second kappa shape index (κ2) is 8.01. The molecule has 2 heterocycles. The number of hydrogen-bond acceptors (Lipinski definition) is 7. The number of anilines is 3. The number of benzene rings is 1. The SMILES string of the molecule is CCCc1nnc(NC(=O)c2cccc(Nc3nc(C)cc(C)n3)c2)s1. The van der Waals surface area contributed by atoms with Crippen LogP contribution in [0.1, 0.15) is 40.1 Å². The summed E-state index contributed by atoms with van der Waals surface area (Å²) in [5.74, 6) is 0.280. The Morgan fingerprint density at radius 3 is 2.62 bits per heavy atom. The third kappa shape index (κ3) is 4.60. The van der Waals surface area contributed by atoms with Gasteiger partial charge in [-0.1, -0.05) is 24.3 Å². The van der Waals surface area contributed by atoms with E-state index in [0.29, 0.717) is 16.6 Å². The minimum absolute atomic E-state index is 0.228. The molecule has 0 spiro atoms. The molecule has 3 aromatic rings. The van der Waals surface area contributed by atoms with E-state index in [-0.39, 0.29) is 5.91 Å². The molecule has 0 unspecified atom stereocenters. The Morgan fingerprint density at radius 2 is 1.88 bits per heavy atom. The first-order chi connectivity index (χ1) is 12.5. The number of aromatic nitrogens is 4. The number of amides is 1. The van der Waals surface area contributed by atoms with Crippen molar-refractivity contribution in [2.45, 2.75) is 33.6 Å². The summed E-state index contributed by atoms with van der Waals surface area (Å²) in [6.07, 6.45) is 1.86. The maximum atomic E-state index is 12.5. The first-order valence-corrected chi connectivity index (χ1v) is 9.18. The van der Waals surface area contributed by atoms with Crippen LogP contribution in [0.2, 0.25) is 0 Å². The smallest absolute Gasteiger partial charge is 0.257 e. The Kier molecular flexibility index (Phi) is 5.52. The standard InChI is InChI=1S/C18H20N6OS/c1-4-6-15-23-24-18(26-15)22-16(25)13-7-5-8-14(10-13)21-17-19-11(2)9-12(3)20-17/h5,7-10H,4,6H2,1-3H3,(H,19,20,21)(H,22,24,25). The average molecular weight is 368 g/mol. The van der Waals surface area contributed by atoms with Crippen LogP contribution in [0.3, 0.4) is 0 Å². The van der Waals surface area contributed by atoms with Gasteiger partial charge in [-0.25, -0.2) is 9.97 Å². The number of nitrogens with zero attached hydrogens (tertiary/aromatic N) is 4. The maximum absolute atomic E-state index is 12.5. The first kappa shape index (κ1) is 17.9. The predicted octanol–water partition coefficient (Wildman–Crippen LogP) is 3.89. The van der Waals surface area contributed by atoms with E-state index in [0.717, 1.165) is 34.9 Å². The fourth-order valence-corrected chi connectivity index (χ4v) is 3.27. The normalized spacial score (nSPS) is 10.6. The van der Waals surface area contributed by atoms with Crippen molar-refractivity contribution < 1.29 is 4.79 Å². The number of aryl methyl sites for hydroxylation is 3. The van der Waals surface area contributed by atoms with Crippen LogP contribution in [0.15, 0.2) is 30.3 Å². The zero-order valence-electron chi connectivity index (χ0n) is 14.9. The van der Waals surface area contributed by atoms with Gasteiger partial charge in [0.2, 0.25) is 11.1 Å². The van der Waals surface area contributed by atoms with Crippen molar-refractivity contribution in [3.63, 3.8) is 0 Å². The van der Waals surface area contributed by atoms with E-state index in [1.54, 1.807) is 12.1 Å². The van der Waals surface area contributed by atoms with Crippen LogP contribution in [-0.4, -0.2) is 26.1 Å². The van der Waals surface area contributed by atoms with E-state index in [2.05, 4.69) is 37.7 Å². The van der Waals surface area contributed by atoms with Crippen molar-refractivity contribution >= 4 is 34.0 Å². The lowest BCUT2D eigenvalue weighted by molar-refractivity contribution is 0.102. The van der Waals surface area contributed by atoms with Crippen LogP contribution in [0.4, 0.5) is 16.8 Å². The van der Waals surface area contributed by atoms with Crippen LogP contribution in [0, 0.1) is 13.8 Å². The molecule has 0 aliphatic heterocycles. The minimum atomic E-state index is -0.228. The van der Waals surface area contributed by atoms with Crippen molar-refractivity contribution in [1.29, 1.82) is 0 Å². The van der Waals surface area contributed by atoms with Gasteiger partial charge in [0.15, 0.2) is 0 Å². The van der Waals surface area contributed by atoms with Crippen LogP contribution < -0.4 is 10.6 Å². The highest BCUT2D eigenvalue weighted by Crippen LogP contribution is 2.19. The zero-order valence-corrected chi connectivity index (χ0v) is 15.7. The molecule has 0 bridgehead atoms. The van der Waals surface area contributed by atoms with Gasteiger partial charge in [0.25, 0.3) is 5.91 Å². The molecule has 0 aliphatic rings. The van der Waals surface area contributed by atoms with Gasteiger partial charge in [0.1, 0.15) is 5.01 Å². The predicted molar refractivity (Wildman–Crippen MR) is 103 cm³/mol. The monoisotopic (exact) mass is 368 g/mol. The molecule has 1 aromatic carbocycles. The Bertz CT molecular complexity index is 903. The molecule has 0 saturated carbocycles. The van der Waals surface area contributed by atoms with Crippen molar-refractivity contribution in [1.82, 2.24) is 20.2 Å². The van der Waals surface area contributed by atoms with Gasteiger partial charge in [-0.05, 0) is 44.5 Å². The van der Waals surface area contributed by atoms with Crippen LogP contribution in [0.5, 0.6) is 0 Å². The molecule has 0 atom stereocenters. The second-order valence-corrected chi connectivity index (χ2v) is 6.95. The van der Waals surface area contributed by atoms with E-state index in [1.807, 2.05) is 32.0 Å². The molecule has 2 aromatic heterocycles. The van der Waals surface area contributed by atoms with Crippen LogP contribution >= 0.6 is 11.3 Å². The molecule has 0 saturated heterocycles. The van der Waals surface area contributed by atoms with Gasteiger partial charge in [-0.3, -0.25) is 10.1 Å². The molecule has 26 heavy (non-hydrogen) atoms. The van der Waals surface area contributed by atoms with Gasteiger partial charge in [-0.15, -0.1) is 10.2 Å². The average Bonchev–Trinajstić information content (AvgIpc) is 3.01. The lowest BCUT2D eigenvalue weighted by atomic mass is 10.2. The molecule has 0 fully saturated rings. The van der Waals surface area contributed by atoms with E-state index >= 15 is 0 Å². The summed E-state index contributed by atoms with van der Waals surface area (Å²) in [6.45, 7) is 5.91. The third-order valence-corrected chi connectivity index (χ3v) is 4.41. The van der Waals surface area contributed by atoms with E-state index in [1.165, 1.54) is 11.3 Å². The molecule has 2 N–H and O–H groups in total. The van der Waals surface area contributed by atoms with Crippen LogP contribution in [-0.2, 0) is 6.42 Å². The fraction of sp³-hybridized carbons (Fsp3) is 0.278. The summed E-state index contributed by atoms with van der Waals surface area (Å²) in [5.41, 5.74) is 3.03. The number of hydrogen-bond donors (Lipinski definition) is 2. The van der Waals surface area contributed by atoms with Gasteiger partial charge in [0.05, 0.1) is 0 Å². The fourth-order valence-electron chi connectivity index (χ4n) is 2.44. The topological polar surface area (TPSA) is 92.7 Å². The third-order valence-electron chi connectivity index (χ3n) is 3.51. The number of carbonyl (C=O) groups excluding carboxylic acids is 1. The lowest BCUT2D eigenvalue weighted by Crippen LogP contribution is -2.12. The van der Waals surface area contributed by atoms with Crippen molar-refractivity contribution in [3.05, 3.63) is 52.3 Å². The van der Waals surface area contributed by atoms with E-state index in [4.69, 9.17) is 0 Å². The summed E-state index contributed by atoms with van der Waals surface area (Å²) in [4.78, 5) is 21.2. The van der Waals surface area contributed by atoms with E-state index < -0.39 is 0 Å². The molecule has 134 valence electrons. The molecule has 3 rings (SSSR count). The molecule has 1 amide bonds. The number of rotatable bonds is 6. The highest BCUT2D eigenvalue weighted by atomic mass is 32.1. The first-order valence-electron chi connectivity index (χ1n) is 8.36. The highest BCUT2D eigenvalue weighted by Gasteiger charge is 2.11. The minimum Gasteiger partial charge on any atom is -0.324 e. The summed E-state index contributed by atoms with van der Waals surface area (Å²) in [7, 11) is 0. The molecule has 0 radical (unpaired) electrons. The summed E-state index contributed by atoms with van der Waals surface area (Å²) in [5, 5.41) is 15.4. The highest BCUT2D eigenvalue weighted by molar-refractivity contribution is 7.15.